The average Bonchev–Trinajstić information content (AvgIpc) is 3.38. The molecule has 4 heterocycles. The van der Waals surface area contributed by atoms with Gasteiger partial charge >= 0.3 is 0 Å². The van der Waals surface area contributed by atoms with E-state index in [-0.39, 0.29) is 0 Å². The van der Waals surface area contributed by atoms with Gasteiger partial charge in [-0.05, 0) is 55.6 Å². The highest BCUT2D eigenvalue weighted by atomic mass is 16.5. The van der Waals surface area contributed by atoms with Crippen LogP contribution in [0, 0.1) is 0 Å². The summed E-state index contributed by atoms with van der Waals surface area (Å²) >= 11 is 0. The topological polar surface area (TPSA) is 64.8 Å². The summed E-state index contributed by atoms with van der Waals surface area (Å²) in [4.78, 5) is 2.55. The average molecular weight is 379 g/mol. The molecule has 7 heteroatoms. The van der Waals surface area contributed by atoms with Crippen LogP contribution in [0.1, 0.15) is 35.7 Å². The quantitative estimate of drug-likeness (QED) is 0.679. The van der Waals surface area contributed by atoms with E-state index in [1.54, 1.807) is 7.11 Å². The smallest absolute Gasteiger partial charge is 0.231 e. The third-order valence-electron chi connectivity index (χ3n) is 5.89. The van der Waals surface area contributed by atoms with Crippen molar-refractivity contribution in [3.63, 3.8) is 0 Å². The van der Waals surface area contributed by atoms with E-state index in [4.69, 9.17) is 9.47 Å². The summed E-state index contributed by atoms with van der Waals surface area (Å²) in [5.41, 5.74) is 3.54. The number of ether oxygens (including phenoxy) is 2. The van der Waals surface area contributed by atoms with Gasteiger partial charge in [-0.15, -0.1) is 15.3 Å². The summed E-state index contributed by atoms with van der Waals surface area (Å²) in [7, 11) is 1.63. The van der Waals surface area contributed by atoms with E-state index >= 15 is 0 Å². The van der Waals surface area contributed by atoms with Gasteiger partial charge in [-0.3, -0.25) is 0 Å². The molecule has 146 valence electrons. The van der Waals surface area contributed by atoms with Crippen molar-refractivity contribution >= 4 is 5.65 Å². The molecule has 2 aromatic heterocycles. The Hall–Kier alpha value is -2.67. The van der Waals surface area contributed by atoms with Gasteiger partial charge in [-0.1, -0.05) is 12.1 Å². The van der Waals surface area contributed by atoms with Gasteiger partial charge in [-0.25, -0.2) is 0 Å². The number of benzene rings is 1. The van der Waals surface area contributed by atoms with Gasteiger partial charge in [0, 0.05) is 24.9 Å². The van der Waals surface area contributed by atoms with Crippen molar-refractivity contribution in [2.75, 3.05) is 33.4 Å². The lowest BCUT2D eigenvalue weighted by atomic mass is 9.95. The molecule has 0 N–H and O–H groups in total. The zero-order valence-corrected chi connectivity index (χ0v) is 16.2. The van der Waals surface area contributed by atoms with Gasteiger partial charge in [0.25, 0.3) is 0 Å². The molecular formula is C21H25N5O2. The minimum absolute atomic E-state index is 0.392. The Balaban J connectivity index is 1.20. The zero-order chi connectivity index (χ0) is 18.9. The van der Waals surface area contributed by atoms with Crippen LogP contribution in [0.4, 0.5) is 0 Å². The van der Waals surface area contributed by atoms with Crippen molar-refractivity contribution in [2.45, 2.75) is 31.6 Å². The molecule has 1 saturated heterocycles. The van der Waals surface area contributed by atoms with Crippen LogP contribution < -0.4 is 9.47 Å². The molecule has 0 spiro atoms. The number of piperidine rings is 1. The van der Waals surface area contributed by atoms with Crippen LogP contribution in [0.5, 0.6) is 11.6 Å². The normalized spacial score (nSPS) is 17.6. The molecule has 1 aromatic carbocycles. The molecule has 0 radical (unpaired) electrons. The lowest BCUT2D eigenvalue weighted by molar-refractivity contribution is 0.210. The molecule has 2 aliphatic rings. The summed E-state index contributed by atoms with van der Waals surface area (Å²) in [5, 5.41) is 13.2. The van der Waals surface area contributed by atoms with E-state index in [1.165, 1.54) is 11.1 Å². The predicted octanol–water partition coefficient (Wildman–Crippen LogP) is 2.49. The second-order valence-corrected chi connectivity index (χ2v) is 7.61. The summed E-state index contributed by atoms with van der Waals surface area (Å²) in [6.45, 7) is 4.08. The molecule has 0 bridgehead atoms. The molecule has 28 heavy (non-hydrogen) atoms. The van der Waals surface area contributed by atoms with Crippen molar-refractivity contribution in [3.05, 3.63) is 47.3 Å². The van der Waals surface area contributed by atoms with Crippen LogP contribution in [0.2, 0.25) is 0 Å². The minimum Gasteiger partial charge on any atom is -0.493 e. The van der Waals surface area contributed by atoms with Crippen molar-refractivity contribution in [3.8, 4) is 11.6 Å². The Morgan fingerprint density at radius 2 is 2.04 bits per heavy atom. The molecule has 1 fully saturated rings. The van der Waals surface area contributed by atoms with Crippen molar-refractivity contribution in [2.24, 2.45) is 0 Å². The summed E-state index contributed by atoms with van der Waals surface area (Å²) < 4.78 is 12.7. The highest BCUT2D eigenvalue weighted by molar-refractivity contribution is 5.40. The van der Waals surface area contributed by atoms with Gasteiger partial charge in [-0.2, -0.15) is 4.52 Å². The fraction of sp³-hybridized carbons (Fsp3) is 0.476. The SMILES string of the molecule is COc1ccc2nnc(C3CCN(CCc4ccc5c(c4)CCO5)CC3)n2n1. The van der Waals surface area contributed by atoms with Crippen LogP contribution in [0.15, 0.2) is 30.3 Å². The molecule has 0 unspecified atom stereocenters. The number of aromatic nitrogens is 4. The standard InChI is InChI=1S/C21H25N5O2/c1-27-20-5-4-19-22-23-21(26(19)24-20)16-7-11-25(12-8-16)10-6-15-2-3-18-17(14-15)9-13-28-18/h2-5,14,16H,6-13H2,1H3. The number of hydrogen-bond donors (Lipinski definition) is 0. The molecular weight excluding hydrogens is 354 g/mol. The lowest BCUT2D eigenvalue weighted by Gasteiger charge is -2.31. The van der Waals surface area contributed by atoms with Crippen LogP contribution in [0.25, 0.3) is 5.65 Å². The van der Waals surface area contributed by atoms with E-state index in [1.807, 2.05) is 16.6 Å². The Bertz CT molecular complexity index is 978. The van der Waals surface area contributed by atoms with Gasteiger partial charge in [0.1, 0.15) is 5.75 Å². The van der Waals surface area contributed by atoms with E-state index in [2.05, 4.69) is 38.4 Å². The zero-order valence-electron chi connectivity index (χ0n) is 16.2. The summed E-state index contributed by atoms with van der Waals surface area (Å²) in [5.74, 6) is 3.00. The molecule has 0 atom stereocenters. The fourth-order valence-electron chi connectivity index (χ4n) is 4.25. The third kappa shape index (κ3) is 3.30. The second-order valence-electron chi connectivity index (χ2n) is 7.61. The monoisotopic (exact) mass is 379 g/mol. The van der Waals surface area contributed by atoms with E-state index < -0.39 is 0 Å². The maximum absolute atomic E-state index is 5.60. The maximum Gasteiger partial charge on any atom is 0.231 e. The van der Waals surface area contributed by atoms with E-state index in [0.29, 0.717) is 11.8 Å². The first kappa shape index (κ1) is 17.4. The molecule has 2 aliphatic heterocycles. The summed E-state index contributed by atoms with van der Waals surface area (Å²) in [6.07, 6.45) is 4.29. The Morgan fingerprint density at radius 3 is 2.89 bits per heavy atom. The maximum atomic E-state index is 5.60. The molecule has 7 nitrogen and oxygen atoms in total. The number of hydrogen-bond acceptors (Lipinski definition) is 6. The Morgan fingerprint density at radius 1 is 1.14 bits per heavy atom. The predicted molar refractivity (Wildman–Crippen MR) is 105 cm³/mol. The minimum atomic E-state index is 0.392. The van der Waals surface area contributed by atoms with Gasteiger partial charge < -0.3 is 14.4 Å². The highest BCUT2D eigenvalue weighted by Crippen LogP contribution is 2.28. The molecule has 3 aromatic rings. The van der Waals surface area contributed by atoms with Crippen molar-refractivity contribution < 1.29 is 9.47 Å². The van der Waals surface area contributed by atoms with Crippen molar-refractivity contribution in [1.82, 2.24) is 24.7 Å². The van der Waals surface area contributed by atoms with Gasteiger partial charge in [0.05, 0.1) is 13.7 Å². The van der Waals surface area contributed by atoms with E-state index in [0.717, 1.165) is 69.1 Å². The number of likely N-dealkylation sites (tertiary alicyclic amines) is 1. The van der Waals surface area contributed by atoms with Crippen molar-refractivity contribution in [1.29, 1.82) is 0 Å². The number of methoxy groups -OCH3 is 1. The molecule has 5 rings (SSSR count). The lowest BCUT2D eigenvalue weighted by Crippen LogP contribution is -2.35. The van der Waals surface area contributed by atoms with Crippen LogP contribution in [-0.4, -0.2) is 58.1 Å². The Kier molecular flexibility index (Phi) is 4.60. The largest absolute Gasteiger partial charge is 0.493 e. The number of rotatable bonds is 5. The fourth-order valence-corrected chi connectivity index (χ4v) is 4.25. The first-order valence-electron chi connectivity index (χ1n) is 10.0. The van der Waals surface area contributed by atoms with Gasteiger partial charge in [0.2, 0.25) is 5.88 Å². The third-order valence-corrected chi connectivity index (χ3v) is 5.89. The highest BCUT2D eigenvalue weighted by Gasteiger charge is 2.25. The summed E-state index contributed by atoms with van der Waals surface area (Å²) in [6, 6.07) is 10.4. The molecule has 0 amide bonds. The number of nitrogens with zero attached hydrogens (tertiary/aromatic N) is 5. The van der Waals surface area contributed by atoms with E-state index in [9.17, 15) is 0 Å². The second kappa shape index (κ2) is 7.39. The van der Waals surface area contributed by atoms with Crippen LogP contribution in [0.3, 0.4) is 0 Å². The molecule has 0 saturated carbocycles. The number of fused-ring (bicyclic) bond motifs is 2. The van der Waals surface area contributed by atoms with Crippen LogP contribution >= 0.6 is 0 Å². The molecule has 0 aliphatic carbocycles. The first-order valence-corrected chi connectivity index (χ1v) is 10.0. The van der Waals surface area contributed by atoms with Crippen LogP contribution in [-0.2, 0) is 12.8 Å². The first-order chi connectivity index (χ1) is 13.8. The Labute approximate surface area is 164 Å². The van der Waals surface area contributed by atoms with Gasteiger partial charge in [0.15, 0.2) is 11.5 Å².